The van der Waals surface area contributed by atoms with Crippen LogP contribution in [0.25, 0.3) is 16.6 Å². The fourth-order valence-corrected chi connectivity index (χ4v) is 3.00. The summed E-state index contributed by atoms with van der Waals surface area (Å²) in [6.07, 6.45) is 3.06. The van der Waals surface area contributed by atoms with Crippen LogP contribution in [0.1, 0.15) is 27.2 Å². The van der Waals surface area contributed by atoms with Gasteiger partial charge in [0.15, 0.2) is 11.4 Å². The number of allylic oxidation sites excluding steroid dienone is 1. The second-order valence-corrected chi connectivity index (χ2v) is 6.10. The largest absolute Gasteiger partial charge is 0.321 e. The molecule has 5 nitrogen and oxygen atoms in total. The fourth-order valence-electron chi connectivity index (χ4n) is 3.00. The number of hydrogen-bond donors (Lipinski definition) is 1. The number of carbonyl (C=O) groups excluding carboxylic acids is 2. The first-order chi connectivity index (χ1) is 12.0. The molecule has 25 heavy (non-hydrogen) atoms. The van der Waals surface area contributed by atoms with Crippen LogP contribution in [0.15, 0.2) is 48.7 Å². The van der Waals surface area contributed by atoms with E-state index in [1.165, 1.54) is 6.08 Å². The summed E-state index contributed by atoms with van der Waals surface area (Å²) in [5.41, 5.74) is 4.57. The first-order valence-corrected chi connectivity index (χ1v) is 7.94. The molecule has 0 saturated heterocycles. The summed E-state index contributed by atoms with van der Waals surface area (Å²) in [6, 6.07) is 11.1. The highest BCUT2D eigenvalue weighted by atomic mass is 16.2. The number of fused-ring (bicyclic) bond motifs is 2. The Balaban J connectivity index is 1.80. The van der Waals surface area contributed by atoms with Gasteiger partial charge in [-0.1, -0.05) is 11.6 Å². The maximum absolute atomic E-state index is 12.8. The number of ketones is 1. The molecular weight excluding hydrogens is 314 g/mol. The maximum atomic E-state index is 12.8. The highest BCUT2D eigenvalue weighted by Gasteiger charge is 2.25. The Morgan fingerprint density at radius 2 is 2.00 bits per heavy atom. The van der Waals surface area contributed by atoms with Crippen LogP contribution < -0.4 is 5.32 Å². The van der Waals surface area contributed by atoms with Crippen molar-refractivity contribution < 1.29 is 9.59 Å². The number of amides is 1. The van der Waals surface area contributed by atoms with Gasteiger partial charge in [-0.2, -0.15) is 0 Å². The van der Waals surface area contributed by atoms with E-state index in [1.807, 2.05) is 31.2 Å². The Bertz CT molecular complexity index is 1080. The van der Waals surface area contributed by atoms with Crippen molar-refractivity contribution in [2.45, 2.75) is 13.8 Å². The highest BCUT2D eigenvalue weighted by molar-refractivity contribution is 6.35. The zero-order valence-corrected chi connectivity index (χ0v) is 13.8. The van der Waals surface area contributed by atoms with Crippen molar-refractivity contribution in [2.75, 3.05) is 5.32 Å². The van der Waals surface area contributed by atoms with E-state index >= 15 is 0 Å². The molecule has 3 heterocycles. The Kier molecular flexibility index (Phi) is 3.42. The van der Waals surface area contributed by atoms with Crippen molar-refractivity contribution in [2.24, 2.45) is 0 Å². The summed E-state index contributed by atoms with van der Waals surface area (Å²) in [4.78, 5) is 33.6. The minimum atomic E-state index is -0.262. The summed E-state index contributed by atoms with van der Waals surface area (Å²) < 4.78 is 0. The van der Waals surface area contributed by atoms with Crippen molar-refractivity contribution >= 4 is 34.0 Å². The molecule has 1 aromatic carbocycles. The van der Waals surface area contributed by atoms with Gasteiger partial charge in [0, 0.05) is 28.4 Å². The molecule has 0 spiro atoms. The molecule has 0 fully saturated rings. The lowest BCUT2D eigenvalue weighted by atomic mass is 10.0. The lowest BCUT2D eigenvalue weighted by Crippen LogP contribution is -2.07. The standard InChI is InChI=1S/C20H15N3O2/c1-11-5-6-17-15(8-11)16(20(25)23-17)10-18(24)14-9-13-4-3-7-21-19(13)22-12(14)2/h3-10H,1-2H3,(H,23,25)/b16-10+. The monoisotopic (exact) mass is 329 g/mol. The third-order valence-corrected chi connectivity index (χ3v) is 4.28. The van der Waals surface area contributed by atoms with Gasteiger partial charge in [0.25, 0.3) is 5.91 Å². The summed E-state index contributed by atoms with van der Waals surface area (Å²) in [6.45, 7) is 3.72. The molecule has 2 aromatic heterocycles. The Morgan fingerprint density at radius 1 is 1.16 bits per heavy atom. The van der Waals surface area contributed by atoms with Crippen LogP contribution in [0.3, 0.4) is 0 Å². The number of carbonyl (C=O) groups is 2. The van der Waals surface area contributed by atoms with Gasteiger partial charge >= 0.3 is 0 Å². The van der Waals surface area contributed by atoms with Crippen LogP contribution in [-0.4, -0.2) is 21.7 Å². The zero-order valence-electron chi connectivity index (χ0n) is 13.8. The third kappa shape index (κ3) is 2.59. The topological polar surface area (TPSA) is 72.0 Å². The van der Waals surface area contributed by atoms with E-state index in [0.29, 0.717) is 22.5 Å². The summed E-state index contributed by atoms with van der Waals surface area (Å²) in [5, 5.41) is 3.58. The van der Waals surface area contributed by atoms with Crippen LogP contribution in [0.2, 0.25) is 0 Å². The lowest BCUT2D eigenvalue weighted by molar-refractivity contribution is -0.110. The number of benzene rings is 1. The van der Waals surface area contributed by atoms with Gasteiger partial charge < -0.3 is 5.32 Å². The molecule has 0 unspecified atom stereocenters. The van der Waals surface area contributed by atoms with Gasteiger partial charge in [0.2, 0.25) is 0 Å². The molecule has 1 aliphatic rings. The second-order valence-electron chi connectivity index (χ2n) is 6.10. The molecule has 1 aliphatic heterocycles. The van der Waals surface area contributed by atoms with E-state index < -0.39 is 0 Å². The van der Waals surface area contributed by atoms with Gasteiger partial charge in [-0.25, -0.2) is 9.97 Å². The molecule has 0 radical (unpaired) electrons. The highest BCUT2D eigenvalue weighted by Crippen LogP contribution is 2.32. The number of aromatic nitrogens is 2. The van der Waals surface area contributed by atoms with Crippen molar-refractivity contribution in [3.63, 3.8) is 0 Å². The van der Waals surface area contributed by atoms with Gasteiger partial charge in [0.05, 0.1) is 11.3 Å². The molecule has 0 atom stereocenters. The minimum absolute atomic E-state index is 0.241. The van der Waals surface area contributed by atoms with Gasteiger partial charge in [-0.05, 0) is 50.3 Å². The normalized spacial score (nSPS) is 14.6. The summed E-state index contributed by atoms with van der Waals surface area (Å²) in [7, 11) is 0. The third-order valence-electron chi connectivity index (χ3n) is 4.28. The molecular formula is C20H15N3O2. The van der Waals surface area contributed by atoms with E-state index in [1.54, 1.807) is 25.3 Å². The average molecular weight is 329 g/mol. The molecule has 122 valence electrons. The summed E-state index contributed by atoms with van der Waals surface area (Å²) >= 11 is 0. The van der Waals surface area contributed by atoms with Crippen molar-refractivity contribution in [3.05, 3.63) is 71.1 Å². The molecule has 0 bridgehead atoms. The maximum Gasteiger partial charge on any atom is 0.256 e. The first-order valence-electron chi connectivity index (χ1n) is 7.94. The molecule has 0 aliphatic carbocycles. The molecule has 5 heteroatoms. The van der Waals surface area contributed by atoms with E-state index in [4.69, 9.17) is 0 Å². The Morgan fingerprint density at radius 3 is 2.84 bits per heavy atom. The number of anilines is 1. The van der Waals surface area contributed by atoms with Crippen LogP contribution in [0.5, 0.6) is 0 Å². The van der Waals surface area contributed by atoms with Gasteiger partial charge in [-0.3, -0.25) is 9.59 Å². The smallest absolute Gasteiger partial charge is 0.256 e. The number of pyridine rings is 2. The summed E-state index contributed by atoms with van der Waals surface area (Å²) in [5.74, 6) is -0.503. The lowest BCUT2D eigenvalue weighted by Gasteiger charge is -2.05. The second kappa shape index (κ2) is 5.63. The predicted molar refractivity (Wildman–Crippen MR) is 96.4 cm³/mol. The molecule has 1 amide bonds. The Hall–Kier alpha value is -3.34. The quantitative estimate of drug-likeness (QED) is 0.577. The number of nitrogens with zero attached hydrogens (tertiary/aromatic N) is 2. The van der Waals surface area contributed by atoms with E-state index in [-0.39, 0.29) is 11.7 Å². The van der Waals surface area contributed by atoms with Gasteiger partial charge in [0.1, 0.15) is 0 Å². The fraction of sp³-hybridized carbons (Fsp3) is 0.100. The number of rotatable bonds is 2. The Labute approximate surface area is 144 Å². The predicted octanol–water partition coefficient (Wildman–Crippen LogP) is 3.47. The van der Waals surface area contributed by atoms with Crippen molar-refractivity contribution in [1.82, 2.24) is 9.97 Å². The average Bonchev–Trinajstić information content (AvgIpc) is 2.89. The molecule has 4 rings (SSSR count). The SMILES string of the molecule is Cc1ccc2c(c1)/C(=C\C(=O)c1cc3cccnc3nc1C)C(=O)N2. The van der Waals surface area contributed by atoms with Crippen LogP contribution in [0, 0.1) is 13.8 Å². The minimum Gasteiger partial charge on any atom is -0.321 e. The van der Waals surface area contributed by atoms with Crippen LogP contribution in [-0.2, 0) is 4.79 Å². The van der Waals surface area contributed by atoms with E-state index in [9.17, 15) is 9.59 Å². The number of nitrogens with one attached hydrogen (secondary N) is 1. The molecule has 3 aromatic rings. The van der Waals surface area contributed by atoms with Crippen molar-refractivity contribution in [1.29, 1.82) is 0 Å². The van der Waals surface area contributed by atoms with E-state index in [2.05, 4.69) is 15.3 Å². The van der Waals surface area contributed by atoms with Gasteiger partial charge in [-0.15, -0.1) is 0 Å². The molecule has 1 N–H and O–H groups in total. The number of aryl methyl sites for hydroxylation is 2. The van der Waals surface area contributed by atoms with E-state index in [0.717, 1.165) is 22.2 Å². The van der Waals surface area contributed by atoms with Crippen LogP contribution >= 0.6 is 0 Å². The van der Waals surface area contributed by atoms with Crippen molar-refractivity contribution in [3.8, 4) is 0 Å². The zero-order chi connectivity index (χ0) is 17.6. The first kappa shape index (κ1) is 15.2. The molecule has 0 saturated carbocycles. The number of hydrogen-bond acceptors (Lipinski definition) is 4. The van der Waals surface area contributed by atoms with Crippen LogP contribution in [0.4, 0.5) is 5.69 Å².